The Labute approximate surface area is 183 Å². The molecule has 3 heteroatoms. The van der Waals surface area contributed by atoms with Gasteiger partial charge in [-0.15, -0.1) is 0 Å². The van der Waals surface area contributed by atoms with E-state index in [1.54, 1.807) is 5.92 Å². The van der Waals surface area contributed by atoms with E-state index in [1.165, 1.54) is 51.6 Å². The van der Waals surface area contributed by atoms with Crippen LogP contribution in [0.3, 0.4) is 0 Å². The molecule has 0 spiro atoms. The molecule has 0 saturated carbocycles. The van der Waals surface area contributed by atoms with Gasteiger partial charge in [0.25, 0.3) is 0 Å². The maximum absolute atomic E-state index is 4.02. The first kappa shape index (κ1) is 25.1. The van der Waals surface area contributed by atoms with Crippen molar-refractivity contribution in [1.29, 1.82) is 0 Å². The van der Waals surface area contributed by atoms with Gasteiger partial charge < -0.3 is 10.2 Å². The van der Waals surface area contributed by atoms with Crippen LogP contribution in [0.4, 0.5) is 0 Å². The Bertz CT molecular complexity index is 524. The van der Waals surface area contributed by atoms with Gasteiger partial charge in [-0.1, -0.05) is 20.8 Å². The molecule has 0 aromatic heterocycles. The van der Waals surface area contributed by atoms with Crippen molar-refractivity contribution in [2.75, 3.05) is 40.3 Å². The summed E-state index contributed by atoms with van der Waals surface area (Å²) in [6, 6.07) is 0. The van der Waals surface area contributed by atoms with E-state index in [1.807, 2.05) is 0 Å². The first-order chi connectivity index (χ1) is 13.3. The lowest BCUT2D eigenvalue weighted by Gasteiger charge is -2.61. The molecular weight excluding hydrogens is 354 g/mol. The number of hydrogen-bond donors (Lipinski definition) is 1. The number of hydrogen-bond acceptors (Lipinski definition) is 3. The number of rotatable bonds is 4. The van der Waals surface area contributed by atoms with Crippen molar-refractivity contribution in [3.8, 4) is 0 Å². The van der Waals surface area contributed by atoms with Crippen molar-refractivity contribution < 1.29 is 0 Å². The zero-order chi connectivity index (χ0) is 22.1. The van der Waals surface area contributed by atoms with Crippen LogP contribution in [-0.2, 0) is 0 Å². The van der Waals surface area contributed by atoms with Crippen molar-refractivity contribution >= 4 is 0 Å². The molecule has 2 rings (SSSR count). The van der Waals surface area contributed by atoms with Crippen molar-refractivity contribution in [2.45, 2.75) is 98.1 Å². The van der Waals surface area contributed by atoms with Gasteiger partial charge in [0.15, 0.2) is 0 Å². The van der Waals surface area contributed by atoms with Crippen molar-refractivity contribution in [2.24, 2.45) is 16.7 Å². The van der Waals surface area contributed by atoms with Gasteiger partial charge in [-0.05, 0) is 136 Å². The fourth-order valence-corrected chi connectivity index (χ4v) is 6.72. The minimum atomic E-state index is 0.102. The normalized spacial score (nSPS) is 34.3. The van der Waals surface area contributed by atoms with Gasteiger partial charge >= 0.3 is 0 Å². The highest BCUT2D eigenvalue weighted by Gasteiger charge is 2.53. The summed E-state index contributed by atoms with van der Waals surface area (Å²) in [6.45, 7) is 25.9. The first-order valence-corrected chi connectivity index (χ1v) is 12.0. The van der Waals surface area contributed by atoms with E-state index in [9.17, 15) is 0 Å². The maximum Gasteiger partial charge on any atom is 0.0218 e. The molecule has 2 bridgehead atoms. The monoisotopic (exact) mass is 405 g/mol. The average Bonchev–Trinajstić information content (AvgIpc) is 2.59. The third kappa shape index (κ3) is 5.39. The van der Waals surface area contributed by atoms with Crippen molar-refractivity contribution in [1.82, 2.24) is 15.1 Å². The molecule has 2 aliphatic heterocycles. The second-order valence-electron chi connectivity index (χ2n) is 12.2. The fourth-order valence-electron chi connectivity index (χ4n) is 6.72. The molecule has 2 heterocycles. The summed E-state index contributed by atoms with van der Waals surface area (Å²) in [5.41, 5.74) is 0.872. The smallest absolute Gasteiger partial charge is 0.0218 e. The predicted octanol–water partition coefficient (Wildman–Crippen LogP) is 5.42. The number of fused-ring (bicyclic) bond motifs is 4. The van der Waals surface area contributed by atoms with Gasteiger partial charge in [-0.3, -0.25) is 4.90 Å². The second kappa shape index (κ2) is 9.17. The molecule has 2 aliphatic rings. The molecule has 2 atom stereocenters. The molecule has 0 amide bonds. The van der Waals surface area contributed by atoms with E-state index in [0.717, 1.165) is 19.0 Å². The molecule has 2 radical (unpaired) electrons. The van der Waals surface area contributed by atoms with Gasteiger partial charge in [0.05, 0.1) is 0 Å². The van der Waals surface area contributed by atoms with E-state index in [4.69, 9.17) is 0 Å². The van der Waals surface area contributed by atoms with Crippen molar-refractivity contribution in [3.05, 3.63) is 12.8 Å². The third-order valence-electron chi connectivity index (χ3n) is 8.90. The van der Waals surface area contributed by atoms with Crippen molar-refractivity contribution in [3.63, 3.8) is 0 Å². The zero-order valence-corrected chi connectivity index (χ0v) is 21.2. The first-order valence-electron chi connectivity index (χ1n) is 12.0. The molecule has 0 aliphatic carbocycles. The van der Waals surface area contributed by atoms with E-state index in [-0.39, 0.29) is 16.5 Å². The van der Waals surface area contributed by atoms with Crippen LogP contribution < -0.4 is 5.32 Å². The average molecular weight is 406 g/mol. The van der Waals surface area contributed by atoms with E-state index in [2.05, 4.69) is 84.6 Å². The molecule has 3 nitrogen and oxygen atoms in total. The van der Waals surface area contributed by atoms with Gasteiger partial charge in [0, 0.05) is 11.1 Å². The van der Waals surface area contributed by atoms with Crippen LogP contribution in [0.5, 0.6) is 0 Å². The van der Waals surface area contributed by atoms with Crippen LogP contribution in [0.25, 0.3) is 0 Å². The van der Waals surface area contributed by atoms with E-state index in [0.29, 0.717) is 5.41 Å². The van der Waals surface area contributed by atoms with Crippen LogP contribution in [-0.4, -0.2) is 61.2 Å². The molecule has 2 saturated heterocycles. The fraction of sp³-hybridized carbons (Fsp3) is 0.923. The van der Waals surface area contributed by atoms with Crippen LogP contribution in [0.15, 0.2) is 0 Å². The molecule has 1 N–H and O–H groups in total. The SMILES string of the molecule is [CH2]CNCCC12CCN(C)CC[C](CC(C)(C)CC(C)C1)C(C)(C)N(C)C2(C)C. The molecular formula is C26H51N3. The summed E-state index contributed by atoms with van der Waals surface area (Å²) in [6.07, 6.45) is 7.60. The lowest BCUT2D eigenvalue weighted by atomic mass is 9.57. The highest BCUT2D eigenvalue weighted by atomic mass is 15.2. The summed E-state index contributed by atoms with van der Waals surface area (Å²) < 4.78 is 0. The van der Waals surface area contributed by atoms with Crippen LogP contribution in [0.1, 0.15) is 87.0 Å². The van der Waals surface area contributed by atoms with Gasteiger partial charge in [0.1, 0.15) is 0 Å². The van der Waals surface area contributed by atoms with Gasteiger partial charge in [-0.2, -0.15) is 0 Å². The molecule has 0 aromatic rings. The summed E-state index contributed by atoms with van der Waals surface area (Å²) in [4.78, 5) is 5.36. The molecule has 2 fully saturated rings. The topological polar surface area (TPSA) is 18.5 Å². The van der Waals surface area contributed by atoms with E-state index < -0.39 is 0 Å². The van der Waals surface area contributed by atoms with Crippen LogP contribution in [0.2, 0.25) is 0 Å². The standard InChI is InChI=1S/C26H51N3/c1-11-27-15-13-26-14-17-28(9)16-12-22(20-23(3,4)18-21(2)19-26)24(5,6)29(10)25(26,7)8/h21,27H,1,11-20H2,2-10H3. The third-order valence-corrected chi connectivity index (χ3v) is 8.90. The minimum Gasteiger partial charge on any atom is -0.317 e. The van der Waals surface area contributed by atoms with Gasteiger partial charge in [0.2, 0.25) is 0 Å². The number of nitrogens with one attached hydrogen (secondary N) is 1. The highest BCUT2D eigenvalue weighted by molar-refractivity contribution is 5.17. The second-order valence-corrected chi connectivity index (χ2v) is 12.2. The predicted molar refractivity (Wildman–Crippen MR) is 128 cm³/mol. The Balaban J connectivity index is 2.62. The van der Waals surface area contributed by atoms with E-state index >= 15 is 0 Å². The lowest BCUT2D eigenvalue weighted by Crippen LogP contribution is -2.65. The molecule has 170 valence electrons. The Hall–Kier alpha value is -0.120. The molecule has 2 unspecified atom stereocenters. The minimum absolute atomic E-state index is 0.102. The quantitative estimate of drug-likeness (QED) is 0.630. The molecule has 29 heavy (non-hydrogen) atoms. The Morgan fingerprint density at radius 1 is 1.03 bits per heavy atom. The maximum atomic E-state index is 4.02. The summed E-state index contributed by atoms with van der Waals surface area (Å²) in [5.74, 6) is 2.48. The Kier molecular flexibility index (Phi) is 7.95. The molecule has 0 aromatic carbocycles. The summed E-state index contributed by atoms with van der Waals surface area (Å²) in [7, 11) is 4.75. The Morgan fingerprint density at radius 3 is 2.31 bits per heavy atom. The van der Waals surface area contributed by atoms with Crippen LogP contribution in [0, 0.1) is 29.6 Å². The van der Waals surface area contributed by atoms with Gasteiger partial charge in [-0.25, -0.2) is 0 Å². The lowest BCUT2D eigenvalue weighted by molar-refractivity contribution is -0.0834. The highest BCUT2D eigenvalue weighted by Crippen LogP contribution is 2.54. The van der Waals surface area contributed by atoms with Crippen LogP contribution >= 0.6 is 0 Å². The summed E-state index contributed by atoms with van der Waals surface area (Å²) >= 11 is 0. The largest absolute Gasteiger partial charge is 0.317 e. The number of nitrogens with zero attached hydrogens (tertiary/aromatic N) is 2. The Morgan fingerprint density at radius 2 is 1.69 bits per heavy atom. The zero-order valence-electron chi connectivity index (χ0n) is 21.2. The summed E-state index contributed by atoms with van der Waals surface area (Å²) in [5, 5.41) is 3.55.